The average Bonchev–Trinajstić information content (AvgIpc) is 2.84. The van der Waals surface area contributed by atoms with E-state index < -0.39 is 0 Å². The number of hydrogen-bond donors (Lipinski definition) is 2. The van der Waals surface area contributed by atoms with Gasteiger partial charge in [-0.15, -0.1) is 0 Å². The van der Waals surface area contributed by atoms with Crippen molar-refractivity contribution in [1.29, 1.82) is 0 Å². The number of benzene rings is 1. The summed E-state index contributed by atoms with van der Waals surface area (Å²) in [6.07, 6.45) is 0. The fourth-order valence-electron chi connectivity index (χ4n) is 2.22. The highest BCUT2D eigenvalue weighted by atomic mass is 15.2. The standard InChI is InChI=1S/C12H14N4/c13-12-5-11(14-15-12)8-16-6-9-3-1-2-4-10(9)7-16/h1-5H,6-8H2,(H3,13,14,15). The van der Waals surface area contributed by atoms with E-state index in [4.69, 9.17) is 5.73 Å². The monoisotopic (exact) mass is 214 g/mol. The van der Waals surface area contributed by atoms with Crippen LogP contribution >= 0.6 is 0 Å². The number of nitrogen functional groups attached to an aromatic ring is 1. The summed E-state index contributed by atoms with van der Waals surface area (Å²) in [7, 11) is 0. The van der Waals surface area contributed by atoms with Gasteiger partial charge in [-0.05, 0) is 11.1 Å². The van der Waals surface area contributed by atoms with Gasteiger partial charge in [0.05, 0.1) is 5.69 Å². The van der Waals surface area contributed by atoms with Crippen molar-refractivity contribution in [3.63, 3.8) is 0 Å². The smallest absolute Gasteiger partial charge is 0.145 e. The minimum Gasteiger partial charge on any atom is -0.382 e. The second kappa shape index (κ2) is 3.64. The topological polar surface area (TPSA) is 57.9 Å². The van der Waals surface area contributed by atoms with Crippen LogP contribution in [0.5, 0.6) is 0 Å². The Morgan fingerprint density at radius 2 is 1.94 bits per heavy atom. The molecule has 0 aliphatic carbocycles. The number of aromatic amines is 1. The summed E-state index contributed by atoms with van der Waals surface area (Å²) < 4.78 is 0. The van der Waals surface area contributed by atoms with Crippen molar-refractivity contribution in [2.45, 2.75) is 19.6 Å². The summed E-state index contributed by atoms with van der Waals surface area (Å²) in [5.41, 5.74) is 9.50. The first-order valence-electron chi connectivity index (χ1n) is 5.40. The number of H-pyrrole nitrogens is 1. The summed E-state index contributed by atoms with van der Waals surface area (Å²) in [5.74, 6) is 0.562. The number of hydrogen-bond acceptors (Lipinski definition) is 3. The number of nitrogens with one attached hydrogen (secondary N) is 1. The number of fused-ring (bicyclic) bond motifs is 1. The van der Waals surface area contributed by atoms with Crippen LogP contribution < -0.4 is 5.73 Å². The minimum atomic E-state index is 0.562. The molecule has 4 nitrogen and oxygen atoms in total. The Labute approximate surface area is 94.1 Å². The van der Waals surface area contributed by atoms with E-state index in [1.807, 2.05) is 6.07 Å². The van der Waals surface area contributed by atoms with Crippen molar-refractivity contribution < 1.29 is 0 Å². The van der Waals surface area contributed by atoms with E-state index in [1.54, 1.807) is 0 Å². The molecule has 0 amide bonds. The van der Waals surface area contributed by atoms with Crippen LogP contribution in [-0.4, -0.2) is 15.1 Å². The SMILES string of the molecule is Nc1cc(CN2Cc3ccccc3C2)[nH]n1. The highest BCUT2D eigenvalue weighted by molar-refractivity contribution is 5.31. The lowest BCUT2D eigenvalue weighted by molar-refractivity contribution is 0.272. The molecule has 0 atom stereocenters. The van der Waals surface area contributed by atoms with E-state index in [1.165, 1.54) is 11.1 Å². The quantitative estimate of drug-likeness (QED) is 0.796. The normalized spacial score (nSPS) is 15.2. The average molecular weight is 214 g/mol. The van der Waals surface area contributed by atoms with E-state index in [2.05, 4.69) is 39.4 Å². The minimum absolute atomic E-state index is 0.562. The van der Waals surface area contributed by atoms with Gasteiger partial charge in [-0.1, -0.05) is 24.3 Å². The fourth-order valence-corrected chi connectivity index (χ4v) is 2.22. The second-order valence-electron chi connectivity index (χ2n) is 4.23. The number of nitrogens with zero attached hydrogens (tertiary/aromatic N) is 2. The maximum Gasteiger partial charge on any atom is 0.145 e. The molecule has 1 aliphatic heterocycles. The third-order valence-corrected chi connectivity index (χ3v) is 2.95. The van der Waals surface area contributed by atoms with Gasteiger partial charge in [0, 0.05) is 25.7 Å². The van der Waals surface area contributed by atoms with Gasteiger partial charge in [-0.3, -0.25) is 10.00 Å². The van der Waals surface area contributed by atoms with Crippen LogP contribution in [0.15, 0.2) is 30.3 Å². The lowest BCUT2D eigenvalue weighted by atomic mass is 10.1. The molecule has 1 aliphatic rings. The van der Waals surface area contributed by atoms with E-state index in [0.717, 1.165) is 25.3 Å². The predicted octanol–water partition coefficient (Wildman–Crippen LogP) is 1.51. The zero-order valence-electron chi connectivity index (χ0n) is 8.98. The molecule has 0 spiro atoms. The molecule has 0 saturated heterocycles. The van der Waals surface area contributed by atoms with Gasteiger partial charge in [0.2, 0.25) is 0 Å². The molecule has 0 fully saturated rings. The van der Waals surface area contributed by atoms with Crippen molar-refractivity contribution in [1.82, 2.24) is 15.1 Å². The van der Waals surface area contributed by atoms with Crippen molar-refractivity contribution in [2.24, 2.45) is 0 Å². The first-order valence-corrected chi connectivity index (χ1v) is 5.40. The summed E-state index contributed by atoms with van der Waals surface area (Å²) >= 11 is 0. The maximum absolute atomic E-state index is 5.58. The van der Waals surface area contributed by atoms with Crippen molar-refractivity contribution in [3.05, 3.63) is 47.2 Å². The molecule has 0 saturated carbocycles. The lowest BCUT2D eigenvalue weighted by Gasteiger charge is -2.12. The molecular formula is C12H14N4. The van der Waals surface area contributed by atoms with Gasteiger partial charge in [0.15, 0.2) is 0 Å². The molecule has 82 valence electrons. The third kappa shape index (κ3) is 1.67. The van der Waals surface area contributed by atoms with Crippen LogP contribution in [0.25, 0.3) is 0 Å². The maximum atomic E-state index is 5.58. The number of rotatable bonds is 2. The molecule has 0 unspecified atom stereocenters. The van der Waals surface area contributed by atoms with Crippen LogP contribution in [0.1, 0.15) is 16.8 Å². The molecule has 3 rings (SSSR count). The van der Waals surface area contributed by atoms with E-state index in [0.29, 0.717) is 5.82 Å². The summed E-state index contributed by atoms with van der Waals surface area (Å²) in [4.78, 5) is 2.37. The Hall–Kier alpha value is -1.81. The molecule has 4 heteroatoms. The first kappa shape index (κ1) is 9.42. The Kier molecular flexibility index (Phi) is 2.15. The Morgan fingerprint density at radius 3 is 2.50 bits per heavy atom. The summed E-state index contributed by atoms with van der Waals surface area (Å²) in [6.45, 7) is 2.89. The number of aromatic nitrogens is 2. The molecule has 0 bridgehead atoms. The highest BCUT2D eigenvalue weighted by Crippen LogP contribution is 2.23. The molecule has 2 aromatic rings. The van der Waals surface area contributed by atoms with Gasteiger partial charge >= 0.3 is 0 Å². The predicted molar refractivity (Wildman–Crippen MR) is 62.4 cm³/mol. The van der Waals surface area contributed by atoms with Gasteiger partial charge in [0.25, 0.3) is 0 Å². The van der Waals surface area contributed by atoms with Crippen molar-refractivity contribution in [2.75, 3.05) is 5.73 Å². The molecule has 0 radical (unpaired) electrons. The molecule has 2 heterocycles. The van der Waals surface area contributed by atoms with E-state index >= 15 is 0 Å². The van der Waals surface area contributed by atoms with Gasteiger partial charge < -0.3 is 5.73 Å². The highest BCUT2D eigenvalue weighted by Gasteiger charge is 2.18. The van der Waals surface area contributed by atoms with Crippen LogP contribution in [0, 0.1) is 0 Å². The van der Waals surface area contributed by atoms with Crippen molar-refractivity contribution in [3.8, 4) is 0 Å². The Balaban J connectivity index is 1.72. The van der Waals surface area contributed by atoms with Crippen LogP contribution in [0.2, 0.25) is 0 Å². The van der Waals surface area contributed by atoms with Gasteiger partial charge in [-0.2, -0.15) is 5.10 Å². The van der Waals surface area contributed by atoms with Crippen LogP contribution in [0.4, 0.5) is 5.82 Å². The Morgan fingerprint density at radius 1 is 1.25 bits per heavy atom. The Bertz CT molecular complexity index is 478. The fraction of sp³-hybridized carbons (Fsp3) is 0.250. The molecule has 16 heavy (non-hydrogen) atoms. The zero-order valence-corrected chi connectivity index (χ0v) is 8.98. The number of nitrogens with two attached hydrogens (primary N) is 1. The summed E-state index contributed by atoms with van der Waals surface area (Å²) in [6, 6.07) is 10.5. The largest absolute Gasteiger partial charge is 0.382 e. The lowest BCUT2D eigenvalue weighted by Crippen LogP contribution is -2.15. The van der Waals surface area contributed by atoms with E-state index in [-0.39, 0.29) is 0 Å². The molecule has 1 aromatic carbocycles. The van der Waals surface area contributed by atoms with Gasteiger partial charge in [0.1, 0.15) is 5.82 Å². The van der Waals surface area contributed by atoms with Crippen LogP contribution in [-0.2, 0) is 19.6 Å². The second-order valence-corrected chi connectivity index (χ2v) is 4.23. The first-order chi connectivity index (χ1) is 7.81. The molecule has 3 N–H and O–H groups in total. The molecular weight excluding hydrogens is 200 g/mol. The third-order valence-electron chi connectivity index (χ3n) is 2.95. The number of anilines is 1. The summed E-state index contributed by atoms with van der Waals surface area (Å²) in [5, 5.41) is 6.88. The van der Waals surface area contributed by atoms with Crippen molar-refractivity contribution >= 4 is 5.82 Å². The zero-order chi connectivity index (χ0) is 11.0. The molecule has 1 aromatic heterocycles. The van der Waals surface area contributed by atoms with Gasteiger partial charge in [-0.25, -0.2) is 0 Å². The van der Waals surface area contributed by atoms with E-state index in [9.17, 15) is 0 Å². The van der Waals surface area contributed by atoms with Crippen LogP contribution in [0.3, 0.4) is 0 Å².